The molecule has 3 rings (SSSR count). The molecule has 0 fully saturated rings. The molecule has 1 N–H and O–H groups in total. The van der Waals surface area contributed by atoms with Crippen LogP contribution in [0.4, 0.5) is 0 Å². The van der Waals surface area contributed by atoms with Gasteiger partial charge in [-0.25, -0.2) is 4.79 Å². The molecule has 0 bridgehead atoms. The van der Waals surface area contributed by atoms with Gasteiger partial charge in [0.25, 0.3) is 5.56 Å². The Kier molecular flexibility index (Phi) is 3.27. The molecular weight excluding hydrogens is 272 g/mol. The SMILES string of the molecule is Cc1cc(COC(=O)c2cc3ccccc3c(=O)[nH]2)no1. The zero-order chi connectivity index (χ0) is 14.8. The molecule has 0 aliphatic heterocycles. The van der Waals surface area contributed by atoms with Gasteiger partial charge in [-0.1, -0.05) is 23.4 Å². The molecule has 0 aliphatic carbocycles. The molecule has 2 aromatic heterocycles. The fraction of sp³-hybridized carbons (Fsp3) is 0.133. The number of aromatic nitrogens is 2. The highest BCUT2D eigenvalue weighted by Crippen LogP contribution is 2.11. The lowest BCUT2D eigenvalue weighted by Gasteiger charge is -2.04. The van der Waals surface area contributed by atoms with Crippen molar-refractivity contribution in [3.63, 3.8) is 0 Å². The standard InChI is InChI=1S/C15H12N2O4/c1-9-6-11(17-21-9)8-20-15(19)13-7-10-4-2-3-5-12(10)14(18)16-13/h2-7H,8H2,1H3,(H,16,18). The first-order chi connectivity index (χ1) is 10.1. The van der Waals surface area contributed by atoms with Gasteiger partial charge in [0.15, 0.2) is 0 Å². The first kappa shape index (κ1) is 13.1. The van der Waals surface area contributed by atoms with Crippen molar-refractivity contribution in [1.29, 1.82) is 0 Å². The van der Waals surface area contributed by atoms with Crippen LogP contribution in [0.5, 0.6) is 0 Å². The van der Waals surface area contributed by atoms with Gasteiger partial charge in [0.05, 0.1) is 0 Å². The molecule has 0 radical (unpaired) electrons. The van der Waals surface area contributed by atoms with Crippen molar-refractivity contribution in [3.8, 4) is 0 Å². The number of carbonyl (C=O) groups excluding carboxylic acids is 1. The van der Waals surface area contributed by atoms with E-state index in [2.05, 4.69) is 10.1 Å². The number of H-pyrrole nitrogens is 1. The average molecular weight is 284 g/mol. The van der Waals surface area contributed by atoms with Crippen LogP contribution in [0.2, 0.25) is 0 Å². The number of rotatable bonds is 3. The fourth-order valence-electron chi connectivity index (χ4n) is 2.02. The van der Waals surface area contributed by atoms with E-state index in [0.29, 0.717) is 22.2 Å². The van der Waals surface area contributed by atoms with E-state index >= 15 is 0 Å². The highest BCUT2D eigenvalue weighted by atomic mass is 16.5. The van der Waals surface area contributed by atoms with Gasteiger partial charge in [0.1, 0.15) is 23.8 Å². The quantitative estimate of drug-likeness (QED) is 0.745. The fourth-order valence-corrected chi connectivity index (χ4v) is 2.02. The molecule has 0 unspecified atom stereocenters. The van der Waals surface area contributed by atoms with Crippen molar-refractivity contribution >= 4 is 16.7 Å². The summed E-state index contributed by atoms with van der Waals surface area (Å²) in [6, 6.07) is 10.3. The molecule has 21 heavy (non-hydrogen) atoms. The molecule has 0 amide bonds. The third-order valence-corrected chi connectivity index (χ3v) is 3.00. The summed E-state index contributed by atoms with van der Waals surface area (Å²) in [7, 11) is 0. The minimum atomic E-state index is -0.612. The van der Waals surface area contributed by atoms with Crippen molar-refractivity contribution < 1.29 is 14.1 Å². The van der Waals surface area contributed by atoms with Gasteiger partial charge in [0.2, 0.25) is 0 Å². The summed E-state index contributed by atoms with van der Waals surface area (Å²) >= 11 is 0. The van der Waals surface area contributed by atoms with E-state index in [1.54, 1.807) is 43.3 Å². The highest BCUT2D eigenvalue weighted by molar-refractivity contribution is 5.92. The van der Waals surface area contributed by atoms with Crippen LogP contribution in [0.3, 0.4) is 0 Å². The number of benzene rings is 1. The third-order valence-electron chi connectivity index (χ3n) is 3.00. The number of aromatic amines is 1. The first-order valence-corrected chi connectivity index (χ1v) is 6.35. The molecule has 0 aliphatic rings. The molecular formula is C15H12N2O4. The normalized spacial score (nSPS) is 10.7. The van der Waals surface area contributed by atoms with Gasteiger partial charge in [0, 0.05) is 11.5 Å². The van der Waals surface area contributed by atoms with Crippen molar-refractivity contribution in [2.24, 2.45) is 0 Å². The highest BCUT2D eigenvalue weighted by Gasteiger charge is 2.12. The molecule has 2 heterocycles. The van der Waals surface area contributed by atoms with Gasteiger partial charge < -0.3 is 14.2 Å². The zero-order valence-electron chi connectivity index (χ0n) is 11.3. The minimum Gasteiger partial charge on any atom is -0.454 e. The number of nitrogens with one attached hydrogen (secondary N) is 1. The van der Waals surface area contributed by atoms with Crippen LogP contribution in [-0.4, -0.2) is 16.1 Å². The Labute approximate surface area is 119 Å². The Bertz CT molecular complexity index is 863. The predicted molar refractivity (Wildman–Crippen MR) is 74.9 cm³/mol. The Morgan fingerprint density at radius 2 is 2.14 bits per heavy atom. The van der Waals surface area contributed by atoms with Crippen LogP contribution < -0.4 is 5.56 Å². The second kappa shape index (κ2) is 5.24. The molecule has 0 atom stereocenters. The van der Waals surface area contributed by atoms with Crippen LogP contribution in [0.15, 0.2) is 45.7 Å². The van der Waals surface area contributed by atoms with Gasteiger partial charge in [-0.05, 0) is 24.4 Å². The smallest absolute Gasteiger partial charge is 0.355 e. The number of aryl methyl sites for hydroxylation is 1. The summed E-state index contributed by atoms with van der Waals surface area (Å²) in [5.74, 6) is 0.0265. The second-order valence-electron chi connectivity index (χ2n) is 4.60. The van der Waals surface area contributed by atoms with E-state index in [1.165, 1.54) is 0 Å². The van der Waals surface area contributed by atoms with Crippen LogP contribution in [-0.2, 0) is 11.3 Å². The first-order valence-electron chi connectivity index (χ1n) is 6.35. The number of pyridine rings is 1. The summed E-state index contributed by atoms with van der Waals surface area (Å²) < 4.78 is 9.98. The van der Waals surface area contributed by atoms with Crippen LogP contribution in [0.1, 0.15) is 21.9 Å². The summed E-state index contributed by atoms with van der Waals surface area (Å²) in [5, 5.41) is 4.94. The zero-order valence-corrected chi connectivity index (χ0v) is 11.3. The minimum absolute atomic E-state index is 0.00890. The summed E-state index contributed by atoms with van der Waals surface area (Å²) in [5.41, 5.74) is 0.306. The van der Waals surface area contributed by atoms with Crippen molar-refractivity contribution in [3.05, 3.63) is 63.9 Å². The van der Waals surface area contributed by atoms with Gasteiger partial charge >= 0.3 is 5.97 Å². The largest absolute Gasteiger partial charge is 0.454 e. The number of nitrogens with zero attached hydrogens (tertiary/aromatic N) is 1. The molecule has 3 aromatic rings. The Hall–Kier alpha value is -2.89. The maximum atomic E-state index is 12.0. The lowest BCUT2D eigenvalue weighted by molar-refractivity contribution is 0.0457. The Morgan fingerprint density at radius 3 is 2.90 bits per heavy atom. The summed E-state index contributed by atoms with van der Waals surface area (Å²) in [6.07, 6.45) is 0. The van der Waals surface area contributed by atoms with Crippen LogP contribution in [0, 0.1) is 6.92 Å². The van der Waals surface area contributed by atoms with Crippen molar-refractivity contribution in [2.45, 2.75) is 13.5 Å². The summed E-state index contributed by atoms with van der Waals surface area (Å²) in [6.45, 7) is 1.74. The molecule has 6 nitrogen and oxygen atoms in total. The molecule has 1 aromatic carbocycles. The maximum absolute atomic E-state index is 12.0. The monoisotopic (exact) mass is 284 g/mol. The number of hydrogen-bond acceptors (Lipinski definition) is 5. The predicted octanol–water partition coefficient (Wildman–Crippen LogP) is 2.18. The molecule has 6 heteroatoms. The number of fused-ring (bicyclic) bond motifs is 1. The molecule has 0 saturated heterocycles. The lowest BCUT2D eigenvalue weighted by Crippen LogP contribution is -2.15. The summed E-state index contributed by atoms with van der Waals surface area (Å²) in [4.78, 5) is 26.4. The van der Waals surface area contributed by atoms with Crippen LogP contribution in [0.25, 0.3) is 10.8 Å². The van der Waals surface area contributed by atoms with Crippen molar-refractivity contribution in [1.82, 2.24) is 10.1 Å². The number of ether oxygens (including phenoxy) is 1. The third kappa shape index (κ3) is 2.69. The lowest BCUT2D eigenvalue weighted by atomic mass is 10.1. The number of hydrogen-bond donors (Lipinski definition) is 1. The molecule has 106 valence electrons. The number of esters is 1. The van der Waals surface area contributed by atoms with E-state index in [4.69, 9.17) is 9.26 Å². The maximum Gasteiger partial charge on any atom is 0.355 e. The van der Waals surface area contributed by atoms with E-state index in [0.717, 1.165) is 0 Å². The van der Waals surface area contributed by atoms with Gasteiger partial charge in [-0.3, -0.25) is 4.79 Å². The van der Waals surface area contributed by atoms with Crippen molar-refractivity contribution in [2.75, 3.05) is 0 Å². The Balaban J connectivity index is 1.83. The van der Waals surface area contributed by atoms with Crippen LogP contribution >= 0.6 is 0 Å². The number of carbonyl (C=O) groups is 1. The van der Waals surface area contributed by atoms with Gasteiger partial charge in [-0.15, -0.1) is 0 Å². The Morgan fingerprint density at radius 1 is 1.33 bits per heavy atom. The van der Waals surface area contributed by atoms with E-state index in [9.17, 15) is 9.59 Å². The molecule has 0 saturated carbocycles. The van der Waals surface area contributed by atoms with E-state index in [-0.39, 0.29) is 17.9 Å². The second-order valence-corrected chi connectivity index (χ2v) is 4.60. The average Bonchev–Trinajstić information content (AvgIpc) is 2.90. The van der Waals surface area contributed by atoms with Gasteiger partial charge in [-0.2, -0.15) is 0 Å². The van der Waals surface area contributed by atoms with E-state index in [1.807, 2.05) is 0 Å². The molecule has 0 spiro atoms. The van der Waals surface area contributed by atoms with E-state index < -0.39 is 5.97 Å². The topological polar surface area (TPSA) is 85.2 Å².